The summed E-state index contributed by atoms with van der Waals surface area (Å²) in [5.74, 6) is -1.06. The number of phosphoric acid groups is 1. The van der Waals surface area contributed by atoms with Crippen LogP contribution in [0, 0.1) is 0 Å². The Bertz CT molecular complexity index is 605. The largest absolute Gasteiger partial charge is 0.472 e. The van der Waals surface area contributed by atoms with Crippen molar-refractivity contribution in [1.82, 2.24) is 10.2 Å². The Labute approximate surface area is 219 Å². The molecule has 214 valence electrons. The molecular formula is C26H53N2O7P. The standard InChI is InChI=1S/C26H53N2O7P/c1-5-6-7-8-9-10-11-12-13-14-15-16-17-18-19-20-25(29)27-24(26(30)33-4)23-35-36(31,32)34-22-21-28(2)3/h24H,5-23H2,1-4H3,(H,27,29)(H,31,32)/t24-/m1/s1. The molecule has 0 aliphatic rings. The van der Waals surface area contributed by atoms with Crippen LogP contribution in [0.1, 0.15) is 110 Å². The fraction of sp³-hybridized carbons (Fsp3) is 0.923. The first-order valence-electron chi connectivity index (χ1n) is 13.9. The highest BCUT2D eigenvalue weighted by Gasteiger charge is 2.28. The summed E-state index contributed by atoms with van der Waals surface area (Å²) in [5, 5.41) is 2.53. The lowest BCUT2D eigenvalue weighted by Gasteiger charge is -2.19. The fourth-order valence-corrected chi connectivity index (χ4v) is 4.50. The zero-order chi connectivity index (χ0) is 27.1. The van der Waals surface area contributed by atoms with Gasteiger partial charge in [0.05, 0.1) is 20.3 Å². The summed E-state index contributed by atoms with van der Waals surface area (Å²) >= 11 is 0. The first-order chi connectivity index (χ1) is 17.2. The third kappa shape index (κ3) is 22.2. The number of hydrogen-bond acceptors (Lipinski definition) is 7. The highest BCUT2D eigenvalue weighted by molar-refractivity contribution is 7.47. The molecule has 0 radical (unpaired) electrons. The van der Waals surface area contributed by atoms with Gasteiger partial charge in [0.2, 0.25) is 5.91 Å². The van der Waals surface area contributed by atoms with Gasteiger partial charge in [0.25, 0.3) is 0 Å². The maximum absolute atomic E-state index is 12.2. The molecule has 1 amide bonds. The summed E-state index contributed by atoms with van der Waals surface area (Å²) in [6.07, 6.45) is 19.0. The van der Waals surface area contributed by atoms with Crippen LogP contribution in [0.4, 0.5) is 0 Å². The van der Waals surface area contributed by atoms with Crippen LogP contribution in [0.25, 0.3) is 0 Å². The average Bonchev–Trinajstić information content (AvgIpc) is 2.83. The van der Waals surface area contributed by atoms with Gasteiger partial charge in [-0.25, -0.2) is 9.36 Å². The lowest BCUT2D eigenvalue weighted by atomic mass is 10.0. The van der Waals surface area contributed by atoms with Crippen molar-refractivity contribution in [2.45, 2.75) is 116 Å². The number of likely N-dealkylation sites (N-methyl/N-ethyl adjacent to an activating group) is 1. The molecule has 0 aliphatic carbocycles. The highest BCUT2D eigenvalue weighted by Crippen LogP contribution is 2.43. The molecule has 0 aromatic carbocycles. The molecule has 0 aliphatic heterocycles. The van der Waals surface area contributed by atoms with Crippen LogP contribution in [0.3, 0.4) is 0 Å². The van der Waals surface area contributed by atoms with Crippen molar-refractivity contribution in [3.8, 4) is 0 Å². The minimum Gasteiger partial charge on any atom is -0.467 e. The number of esters is 1. The third-order valence-electron chi connectivity index (χ3n) is 6.03. The molecule has 0 saturated carbocycles. The molecule has 9 nitrogen and oxygen atoms in total. The van der Waals surface area contributed by atoms with Crippen LogP contribution in [0.5, 0.6) is 0 Å². The van der Waals surface area contributed by atoms with Gasteiger partial charge in [0.15, 0.2) is 6.04 Å². The molecule has 2 atom stereocenters. The summed E-state index contributed by atoms with van der Waals surface area (Å²) in [5.41, 5.74) is 0. The molecule has 2 N–H and O–H groups in total. The van der Waals surface area contributed by atoms with E-state index in [0.29, 0.717) is 6.54 Å². The molecule has 0 aromatic rings. The van der Waals surface area contributed by atoms with E-state index in [2.05, 4.69) is 17.0 Å². The zero-order valence-electron chi connectivity index (χ0n) is 23.3. The van der Waals surface area contributed by atoms with Crippen molar-refractivity contribution in [1.29, 1.82) is 0 Å². The summed E-state index contributed by atoms with van der Waals surface area (Å²) in [4.78, 5) is 35.7. The topological polar surface area (TPSA) is 114 Å². The molecule has 0 fully saturated rings. The van der Waals surface area contributed by atoms with Gasteiger partial charge < -0.3 is 19.8 Å². The number of ether oxygens (including phenoxy) is 1. The second kappa shape index (κ2) is 23.2. The molecule has 0 bridgehead atoms. The van der Waals surface area contributed by atoms with E-state index < -0.39 is 26.4 Å². The third-order valence-corrected chi connectivity index (χ3v) is 7.01. The van der Waals surface area contributed by atoms with E-state index >= 15 is 0 Å². The molecule has 0 spiro atoms. The summed E-state index contributed by atoms with van der Waals surface area (Å²) in [6, 6.07) is -1.17. The van der Waals surface area contributed by atoms with Crippen molar-refractivity contribution in [2.75, 3.05) is 41.0 Å². The first-order valence-corrected chi connectivity index (χ1v) is 15.3. The predicted molar refractivity (Wildman–Crippen MR) is 144 cm³/mol. The van der Waals surface area contributed by atoms with E-state index in [1.165, 1.54) is 84.2 Å². The van der Waals surface area contributed by atoms with Crippen LogP contribution in [-0.2, 0) is 27.9 Å². The Morgan fingerprint density at radius 3 is 1.75 bits per heavy atom. The number of carbonyl (C=O) groups excluding carboxylic acids is 2. The van der Waals surface area contributed by atoms with Gasteiger partial charge in [-0.2, -0.15) is 0 Å². The van der Waals surface area contributed by atoms with E-state index in [-0.39, 0.29) is 18.9 Å². The minimum atomic E-state index is -4.34. The van der Waals surface area contributed by atoms with Gasteiger partial charge in [0, 0.05) is 13.0 Å². The van der Waals surface area contributed by atoms with Gasteiger partial charge in [-0.15, -0.1) is 0 Å². The van der Waals surface area contributed by atoms with E-state index in [0.717, 1.165) is 19.3 Å². The number of unbranched alkanes of at least 4 members (excludes halogenated alkanes) is 14. The molecule has 10 heteroatoms. The van der Waals surface area contributed by atoms with E-state index in [1.54, 1.807) is 19.0 Å². The number of hydrogen-bond donors (Lipinski definition) is 2. The average molecular weight is 537 g/mol. The molecule has 0 aromatic heterocycles. The fourth-order valence-electron chi connectivity index (χ4n) is 3.78. The van der Waals surface area contributed by atoms with Gasteiger partial charge in [-0.3, -0.25) is 13.8 Å². The quantitative estimate of drug-likeness (QED) is 0.0880. The number of phosphoric ester groups is 1. The number of nitrogens with one attached hydrogen (secondary N) is 1. The normalized spacial score (nSPS) is 13.9. The summed E-state index contributed by atoms with van der Waals surface area (Å²) in [7, 11) is 0.447. The molecular weight excluding hydrogens is 483 g/mol. The maximum Gasteiger partial charge on any atom is 0.472 e. The van der Waals surface area contributed by atoms with E-state index in [4.69, 9.17) is 9.05 Å². The molecule has 36 heavy (non-hydrogen) atoms. The van der Waals surface area contributed by atoms with Crippen molar-refractivity contribution < 1.29 is 32.8 Å². The Morgan fingerprint density at radius 1 is 0.833 bits per heavy atom. The number of rotatable bonds is 25. The Kier molecular flexibility index (Phi) is 22.5. The van der Waals surface area contributed by atoms with Crippen molar-refractivity contribution >= 4 is 19.7 Å². The van der Waals surface area contributed by atoms with Gasteiger partial charge in [-0.1, -0.05) is 96.8 Å². The lowest BCUT2D eigenvalue weighted by Crippen LogP contribution is -2.44. The van der Waals surface area contributed by atoms with E-state index in [9.17, 15) is 19.0 Å². The van der Waals surface area contributed by atoms with Crippen LogP contribution < -0.4 is 5.32 Å². The number of methoxy groups -OCH3 is 1. The van der Waals surface area contributed by atoms with Crippen LogP contribution in [0.15, 0.2) is 0 Å². The Hall–Kier alpha value is -0.990. The highest BCUT2D eigenvalue weighted by atomic mass is 31.2. The Balaban J connectivity index is 3.88. The Morgan fingerprint density at radius 2 is 1.31 bits per heavy atom. The van der Waals surface area contributed by atoms with Gasteiger partial charge >= 0.3 is 13.8 Å². The van der Waals surface area contributed by atoms with Crippen LogP contribution in [-0.4, -0.2) is 68.7 Å². The summed E-state index contributed by atoms with van der Waals surface area (Å²) < 4.78 is 26.4. The van der Waals surface area contributed by atoms with Crippen molar-refractivity contribution in [2.24, 2.45) is 0 Å². The van der Waals surface area contributed by atoms with Gasteiger partial charge in [0.1, 0.15) is 0 Å². The second-order valence-corrected chi connectivity index (χ2v) is 11.2. The van der Waals surface area contributed by atoms with E-state index in [1.807, 2.05) is 0 Å². The van der Waals surface area contributed by atoms with Crippen molar-refractivity contribution in [3.05, 3.63) is 0 Å². The lowest BCUT2D eigenvalue weighted by molar-refractivity contribution is -0.146. The zero-order valence-corrected chi connectivity index (χ0v) is 24.2. The first kappa shape index (κ1) is 35.0. The smallest absolute Gasteiger partial charge is 0.467 e. The van der Waals surface area contributed by atoms with Crippen LogP contribution in [0.2, 0.25) is 0 Å². The minimum absolute atomic E-state index is 0.00474. The predicted octanol–water partition coefficient (Wildman–Crippen LogP) is 5.60. The molecule has 1 unspecified atom stereocenters. The van der Waals surface area contributed by atoms with Gasteiger partial charge in [-0.05, 0) is 20.5 Å². The molecule has 0 heterocycles. The number of nitrogens with zero attached hydrogens (tertiary/aromatic N) is 1. The molecule has 0 saturated heterocycles. The summed E-state index contributed by atoms with van der Waals surface area (Å²) in [6.45, 7) is 2.18. The monoisotopic (exact) mass is 536 g/mol. The number of amides is 1. The number of carbonyl (C=O) groups is 2. The second-order valence-electron chi connectivity index (χ2n) is 9.74. The molecule has 0 rings (SSSR count). The van der Waals surface area contributed by atoms with Crippen molar-refractivity contribution in [3.63, 3.8) is 0 Å². The van der Waals surface area contributed by atoms with Crippen LogP contribution >= 0.6 is 7.82 Å². The SMILES string of the molecule is CCCCCCCCCCCCCCCCCC(=O)N[C@H](COP(=O)(O)OCCN(C)C)C(=O)OC. The maximum atomic E-state index is 12.2.